The van der Waals surface area contributed by atoms with E-state index in [1.165, 1.54) is 28.4 Å². The first kappa shape index (κ1) is 37.7. The van der Waals surface area contributed by atoms with Crippen LogP contribution in [0, 0.1) is 5.41 Å². The van der Waals surface area contributed by atoms with E-state index < -0.39 is 28.4 Å². The van der Waals surface area contributed by atoms with E-state index in [1.54, 1.807) is 44.6 Å². The molecule has 2 fully saturated rings. The number of halogens is 2. The predicted molar refractivity (Wildman–Crippen MR) is 211 cm³/mol. The fourth-order valence-electron chi connectivity index (χ4n) is 10.0. The third-order valence-corrected chi connectivity index (χ3v) is 12.8. The molecule has 5 atom stereocenters. The van der Waals surface area contributed by atoms with Crippen LogP contribution in [0.3, 0.4) is 0 Å². The number of hydrogen-bond donors (Lipinski definition) is 1. The molecule has 3 heterocycles. The number of nitrogens with one attached hydrogen (secondary N) is 1. The van der Waals surface area contributed by atoms with E-state index in [-0.39, 0.29) is 24.5 Å². The molecule has 0 radical (unpaired) electrons. The van der Waals surface area contributed by atoms with Crippen molar-refractivity contribution in [1.29, 1.82) is 0 Å². The minimum Gasteiger partial charge on any atom is -0.493 e. The zero-order chi connectivity index (χ0) is 39.7. The third kappa shape index (κ3) is 4.85. The fourth-order valence-corrected chi connectivity index (χ4v) is 10.6. The summed E-state index contributed by atoms with van der Waals surface area (Å²) in [4.78, 5) is 40.1. The van der Waals surface area contributed by atoms with Gasteiger partial charge in [0, 0.05) is 29.3 Å². The van der Waals surface area contributed by atoms with Gasteiger partial charge in [0.15, 0.2) is 28.8 Å². The van der Waals surface area contributed by atoms with Crippen LogP contribution in [0.2, 0.25) is 10.0 Å². The van der Waals surface area contributed by atoms with Crippen LogP contribution in [0.4, 0.5) is 5.69 Å². The number of ketones is 1. The number of para-hydroxylation sites is 1. The summed E-state index contributed by atoms with van der Waals surface area (Å²) in [5.41, 5.74) is -1.13. The maximum atomic E-state index is 16.5. The Labute approximate surface area is 334 Å². The summed E-state index contributed by atoms with van der Waals surface area (Å²) in [6.07, 6.45) is 0.410. The smallest absolute Gasteiger partial charge is 0.250 e. The maximum absolute atomic E-state index is 16.5. The number of carbonyl (C=O) groups is 2. The monoisotopic (exact) mass is 801 g/mol. The SMILES string of the molecule is COc1cc([C@H]2C(c3c(Cl)cccc3Cl)=NO[C@]23CC[C@]2(C3=O)[C@H](c3cc(OC)c(OC)c(OC)c3)CN(C)[C@@]23C(=O)Nc2ccccc23)cc(OC)c1OC. The third-order valence-electron chi connectivity index (χ3n) is 12.2. The maximum Gasteiger partial charge on any atom is 0.250 e. The van der Waals surface area contributed by atoms with Gasteiger partial charge in [-0.05, 0) is 73.5 Å². The molecule has 1 amide bonds. The minimum absolute atomic E-state index is 0.175. The average molecular weight is 803 g/mol. The zero-order valence-corrected chi connectivity index (χ0v) is 33.5. The number of rotatable bonds is 9. The molecule has 14 heteroatoms. The normalized spacial score (nSPS) is 26.3. The molecule has 56 heavy (non-hydrogen) atoms. The molecule has 292 valence electrons. The van der Waals surface area contributed by atoms with E-state index in [0.29, 0.717) is 79.2 Å². The molecule has 4 aliphatic rings. The molecular weight excluding hydrogens is 761 g/mol. The van der Waals surface area contributed by atoms with Crippen molar-refractivity contribution in [1.82, 2.24) is 4.90 Å². The number of likely N-dealkylation sites (N-methyl/N-ethyl adjacent to an activating group) is 1. The molecule has 0 bridgehead atoms. The van der Waals surface area contributed by atoms with Gasteiger partial charge in [-0.25, -0.2) is 0 Å². The van der Waals surface area contributed by atoms with Gasteiger partial charge in [-0.3, -0.25) is 14.5 Å². The molecular formula is C42H41Cl2N3O9. The molecule has 4 aromatic carbocycles. The molecule has 12 nitrogen and oxygen atoms in total. The van der Waals surface area contributed by atoms with Crippen molar-refractivity contribution in [2.45, 2.75) is 35.8 Å². The second-order valence-electron chi connectivity index (χ2n) is 14.3. The van der Waals surface area contributed by atoms with Crippen molar-refractivity contribution < 1.29 is 42.8 Å². The second-order valence-corrected chi connectivity index (χ2v) is 15.2. The number of Topliss-reactive ketones (excluding diaryl/α,β-unsaturated/α-hetero) is 1. The predicted octanol–water partition coefficient (Wildman–Crippen LogP) is 7.23. The van der Waals surface area contributed by atoms with E-state index in [2.05, 4.69) is 5.32 Å². The summed E-state index contributed by atoms with van der Waals surface area (Å²) in [6.45, 7) is 0.321. The summed E-state index contributed by atoms with van der Waals surface area (Å²) in [5.74, 6) is 0.254. The first-order valence-corrected chi connectivity index (χ1v) is 18.8. The van der Waals surface area contributed by atoms with E-state index >= 15 is 4.79 Å². The Morgan fingerprint density at radius 3 is 1.86 bits per heavy atom. The molecule has 3 spiro atoms. The number of ether oxygens (including phenoxy) is 6. The molecule has 0 unspecified atom stereocenters. The van der Waals surface area contributed by atoms with Crippen molar-refractivity contribution in [3.05, 3.63) is 99.0 Å². The van der Waals surface area contributed by atoms with Crippen LogP contribution in [-0.4, -0.2) is 84.2 Å². The number of likely N-dealkylation sites (tertiary alicyclic amines) is 1. The Balaban J connectivity index is 1.41. The Morgan fingerprint density at radius 2 is 1.30 bits per heavy atom. The molecule has 1 N–H and O–H groups in total. The number of nitrogens with zero attached hydrogens (tertiary/aromatic N) is 2. The standard InChI is InChI=1S/C42H41Cl2N3O9/c1-47-21-25(22-17-29(50-2)36(54-6)30(18-22)51-3)40(42(47)24-11-8-9-14-28(24)45-39(42)49)15-16-41(38(40)48)34(23-19-31(52-4)37(55-7)32(20-23)53-5)35(46-56-41)33-26(43)12-10-13-27(33)44/h8-14,17-20,25,34H,15-16,21H2,1-7H3,(H,45,49)/t25-,34-,40+,41+,42-/m0/s1. The summed E-state index contributed by atoms with van der Waals surface area (Å²) < 4.78 is 34.6. The molecule has 1 saturated carbocycles. The summed E-state index contributed by atoms with van der Waals surface area (Å²) in [6, 6.07) is 20.0. The Hall–Kier alpha value is -5.17. The lowest BCUT2D eigenvalue weighted by molar-refractivity contribution is -0.154. The van der Waals surface area contributed by atoms with Gasteiger partial charge in [0.2, 0.25) is 17.1 Å². The van der Waals surface area contributed by atoms with Crippen molar-refractivity contribution in [2.75, 3.05) is 61.6 Å². The highest BCUT2D eigenvalue weighted by Gasteiger charge is 2.80. The van der Waals surface area contributed by atoms with Crippen molar-refractivity contribution in [3.63, 3.8) is 0 Å². The van der Waals surface area contributed by atoms with Crippen LogP contribution in [0.5, 0.6) is 34.5 Å². The lowest BCUT2D eigenvalue weighted by Crippen LogP contribution is -2.60. The van der Waals surface area contributed by atoms with Crippen LogP contribution in [0.25, 0.3) is 0 Å². The Morgan fingerprint density at radius 1 is 0.750 bits per heavy atom. The highest BCUT2D eigenvalue weighted by atomic mass is 35.5. The van der Waals surface area contributed by atoms with E-state index in [1.807, 2.05) is 48.3 Å². The topological polar surface area (TPSA) is 126 Å². The van der Waals surface area contributed by atoms with Crippen molar-refractivity contribution >= 4 is 46.3 Å². The van der Waals surface area contributed by atoms with Gasteiger partial charge in [-0.15, -0.1) is 0 Å². The van der Waals surface area contributed by atoms with E-state index in [9.17, 15) is 4.79 Å². The number of anilines is 1. The van der Waals surface area contributed by atoms with Gasteiger partial charge in [0.1, 0.15) is 11.3 Å². The van der Waals surface area contributed by atoms with Crippen LogP contribution in [0.1, 0.15) is 46.9 Å². The molecule has 8 rings (SSSR count). The number of benzene rings is 4. The Kier molecular flexibility index (Phi) is 9.29. The summed E-state index contributed by atoms with van der Waals surface area (Å²) in [5, 5.41) is 8.47. The van der Waals surface area contributed by atoms with Gasteiger partial charge in [0.25, 0.3) is 5.91 Å². The van der Waals surface area contributed by atoms with Crippen LogP contribution < -0.4 is 33.7 Å². The van der Waals surface area contributed by atoms with Crippen LogP contribution >= 0.6 is 23.2 Å². The molecule has 0 aromatic heterocycles. The number of oxime groups is 1. The lowest BCUT2D eigenvalue weighted by Gasteiger charge is -2.44. The highest BCUT2D eigenvalue weighted by Crippen LogP contribution is 2.71. The van der Waals surface area contributed by atoms with Gasteiger partial charge in [-0.2, -0.15) is 0 Å². The largest absolute Gasteiger partial charge is 0.493 e. The number of carbonyl (C=O) groups excluding carboxylic acids is 2. The zero-order valence-electron chi connectivity index (χ0n) is 32.0. The minimum atomic E-state index is -1.66. The van der Waals surface area contributed by atoms with Crippen molar-refractivity contribution in [3.8, 4) is 34.5 Å². The Bertz CT molecular complexity index is 2250. The van der Waals surface area contributed by atoms with Gasteiger partial charge in [-0.1, -0.05) is 52.6 Å². The van der Waals surface area contributed by atoms with Gasteiger partial charge < -0.3 is 38.6 Å². The van der Waals surface area contributed by atoms with Gasteiger partial charge in [0.05, 0.1) is 64.0 Å². The lowest BCUT2D eigenvalue weighted by atomic mass is 9.58. The fraction of sp³-hybridized carbons (Fsp3) is 0.357. The number of hydrogen-bond acceptors (Lipinski definition) is 11. The molecule has 3 aliphatic heterocycles. The van der Waals surface area contributed by atoms with Crippen molar-refractivity contribution in [2.24, 2.45) is 10.6 Å². The van der Waals surface area contributed by atoms with E-state index in [0.717, 1.165) is 5.56 Å². The average Bonchev–Trinajstić information content (AvgIpc) is 3.91. The first-order chi connectivity index (χ1) is 27.0. The van der Waals surface area contributed by atoms with Crippen LogP contribution in [-0.2, 0) is 20.0 Å². The quantitative estimate of drug-likeness (QED) is 0.185. The van der Waals surface area contributed by atoms with Gasteiger partial charge >= 0.3 is 0 Å². The first-order valence-electron chi connectivity index (χ1n) is 18.0. The molecule has 1 aliphatic carbocycles. The summed E-state index contributed by atoms with van der Waals surface area (Å²) >= 11 is 13.8. The summed E-state index contributed by atoms with van der Waals surface area (Å²) in [7, 11) is 11.1. The number of fused-ring (bicyclic) bond motifs is 3. The van der Waals surface area contributed by atoms with E-state index in [4.69, 9.17) is 61.6 Å². The number of amides is 1. The number of methoxy groups -OCH3 is 6. The van der Waals surface area contributed by atoms with Crippen LogP contribution in [0.15, 0.2) is 71.9 Å². The highest BCUT2D eigenvalue weighted by molar-refractivity contribution is 6.41. The molecule has 4 aromatic rings. The molecule has 1 saturated heterocycles. The second kappa shape index (κ2) is 13.8.